The smallest absolute Gasteiger partial charge is 0.0231 e. The first-order valence-corrected chi connectivity index (χ1v) is 4.45. The van der Waals surface area contributed by atoms with Crippen molar-refractivity contribution in [3.8, 4) is 0 Å². The van der Waals surface area contributed by atoms with E-state index in [2.05, 4.69) is 26.0 Å². The lowest BCUT2D eigenvalue weighted by atomic mass is 9.82. The fourth-order valence-corrected chi connectivity index (χ4v) is 1.93. The van der Waals surface area contributed by atoms with Crippen molar-refractivity contribution < 1.29 is 0 Å². The van der Waals surface area contributed by atoms with Crippen molar-refractivity contribution in [2.75, 3.05) is 0 Å². The second-order valence-electron chi connectivity index (χ2n) is 3.56. The van der Waals surface area contributed by atoms with Crippen LogP contribution in [0.5, 0.6) is 0 Å². The van der Waals surface area contributed by atoms with Crippen molar-refractivity contribution in [2.24, 2.45) is 11.8 Å². The van der Waals surface area contributed by atoms with E-state index in [1.165, 1.54) is 25.7 Å². The summed E-state index contributed by atoms with van der Waals surface area (Å²) in [4.78, 5) is 0. The van der Waals surface area contributed by atoms with Crippen LogP contribution in [-0.2, 0) is 0 Å². The quantitative estimate of drug-likeness (QED) is 0.487. The van der Waals surface area contributed by atoms with Gasteiger partial charge in [0.15, 0.2) is 0 Å². The van der Waals surface area contributed by atoms with E-state index in [4.69, 9.17) is 0 Å². The monoisotopic (exact) mass is 138 g/mol. The molecule has 1 aliphatic carbocycles. The van der Waals surface area contributed by atoms with Gasteiger partial charge in [0.05, 0.1) is 0 Å². The van der Waals surface area contributed by atoms with E-state index in [0.29, 0.717) is 0 Å². The van der Waals surface area contributed by atoms with Gasteiger partial charge in [-0.15, -0.1) is 0 Å². The summed E-state index contributed by atoms with van der Waals surface area (Å²) in [6.45, 7) is 4.49. The number of hydrogen-bond acceptors (Lipinski definition) is 0. The molecule has 0 aromatic rings. The lowest BCUT2D eigenvalue weighted by Gasteiger charge is -2.23. The predicted octanol–water partition coefficient (Wildman–Crippen LogP) is 3.39. The highest BCUT2D eigenvalue weighted by Crippen LogP contribution is 2.29. The molecule has 0 N–H and O–H groups in total. The maximum Gasteiger partial charge on any atom is -0.0231 e. The van der Waals surface area contributed by atoms with E-state index in [1.54, 1.807) is 0 Å². The molecule has 0 nitrogen and oxygen atoms in total. The molecule has 1 rings (SSSR count). The summed E-state index contributed by atoms with van der Waals surface area (Å²) in [5.41, 5.74) is 0. The van der Waals surface area contributed by atoms with Crippen LogP contribution in [0, 0.1) is 11.8 Å². The van der Waals surface area contributed by atoms with Gasteiger partial charge in [0.2, 0.25) is 0 Å². The molecule has 0 amide bonds. The molecule has 0 aliphatic heterocycles. The molecule has 1 fully saturated rings. The molecule has 2 unspecified atom stereocenters. The van der Waals surface area contributed by atoms with E-state index >= 15 is 0 Å². The van der Waals surface area contributed by atoms with Crippen LogP contribution >= 0.6 is 0 Å². The highest BCUT2D eigenvalue weighted by atomic mass is 14.2. The predicted molar refractivity (Wildman–Crippen MR) is 45.9 cm³/mol. The fourth-order valence-electron chi connectivity index (χ4n) is 1.93. The molecule has 0 heteroatoms. The normalized spacial score (nSPS) is 35.0. The molecule has 0 heterocycles. The molecule has 1 aliphatic rings. The Balaban J connectivity index is 2.32. The summed E-state index contributed by atoms with van der Waals surface area (Å²) in [6, 6.07) is 0. The van der Waals surface area contributed by atoms with Crippen molar-refractivity contribution >= 4 is 0 Å². The Bertz CT molecular complexity index is 113. The summed E-state index contributed by atoms with van der Waals surface area (Å²) >= 11 is 0. The summed E-state index contributed by atoms with van der Waals surface area (Å²) in [5, 5.41) is 0. The van der Waals surface area contributed by atoms with Crippen LogP contribution in [-0.4, -0.2) is 0 Å². The first-order valence-electron chi connectivity index (χ1n) is 4.45. The molecule has 0 spiro atoms. The van der Waals surface area contributed by atoms with Crippen LogP contribution < -0.4 is 0 Å². The highest BCUT2D eigenvalue weighted by molar-refractivity contribution is 4.88. The summed E-state index contributed by atoms with van der Waals surface area (Å²) in [6.07, 6.45) is 10.3. The first-order chi connectivity index (χ1) is 4.83. The number of hydrogen-bond donors (Lipinski definition) is 0. The molecule has 2 atom stereocenters. The Kier molecular flexibility index (Phi) is 2.98. The molecule has 1 saturated carbocycles. The number of rotatable bonds is 1. The van der Waals surface area contributed by atoms with Crippen LogP contribution in [0.1, 0.15) is 39.5 Å². The highest BCUT2D eigenvalue weighted by Gasteiger charge is 2.15. The Hall–Kier alpha value is -0.260. The minimum atomic E-state index is 0.897. The molecule has 0 radical (unpaired) electrons. The van der Waals surface area contributed by atoms with Gasteiger partial charge in [-0.05, 0) is 31.6 Å². The molecule has 10 heavy (non-hydrogen) atoms. The lowest BCUT2D eigenvalue weighted by Crippen LogP contribution is -2.10. The Morgan fingerprint density at radius 2 is 2.10 bits per heavy atom. The maximum atomic E-state index is 2.37. The van der Waals surface area contributed by atoms with Gasteiger partial charge in [0, 0.05) is 0 Å². The molecule has 0 aromatic heterocycles. The van der Waals surface area contributed by atoms with Crippen LogP contribution in [0.15, 0.2) is 12.2 Å². The maximum absolute atomic E-state index is 2.37. The van der Waals surface area contributed by atoms with Gasteiger partial charge in [-0.25, -0.2) is 0 Å². The first kappa shape index (κ1) is 7.84. The van der Waals surface area contributed by atoms with Gasteiger partial charge in [0.25, 0.3) is 0 Å². The van der Waals surface area contributed by atoms with Gasteiger partial charge in [0.1, 0.15) is 0 Å². The Morgan fingerprint density at radius 3 is 2.70 bits per heavy atom. The van der Waals surface area contributed by atoms with Crippen molar-refractivity contribution in [1.82, 2.24) is 0 Å². The third kappa shape index (κ3) is 2.17. The zero-order valence-corrected chi connectivity index (χ0v) is 7.14. The summed E-state index contributed by atoms with van der Waals surface area (Å²) in [5.74, 6) is 1.86. The minimum absolute atomic E-state index is 0.897. The van der Waals surface area contributed by atoms with Crippen LogP contribution in [0.25, 0.3) is 0 Å². The Morgan fingerprint density at radius 1 is 1.30 bits per heavy atom. The lowest BCUT2D eigenvalue weighted by molar-refractivity contribution is 0.325. The van der Waals surface area contributed by atoms with E-state index in [9.17, 15) is 0 Å². The SMILES string of the molecule is C/C=C/C1CCCC(C)C1. The summed E-state index contributed by atoms with van der Waals surface area (Å²) in [7, 11) is 0. The molecule has 0 aromatic carbocycles. The number of allylic oxidation sites excluding steroid dienone is 2. The van der Waals surface area contributed by atoms with E-state index in [-0.39, 0.29) is 0 Å². The molecule has 0 saturated heterocycles. The minimum Gasteiger partial charge on any atom is -0.0914 e. The average Bonchev–Trinajstić information content (AvgIpc) is 1.88. The second-order valence-corrected chi connectivity index (χ2v) is 3.56. The largest absolute Gasteiger partial charge is 0.0914 e. The third-order valence-corrected chi connectivity index (χ3v) is 2.44. The molecular weight excluding hydrogens is 120 g/mol. The van der Waals surface area contributed by atoms with Crippen molar-refractivity contribution in [3.05, 3.63) is 12.2 Å². The third-order valence-electron chi connectivity index (χ3n) is 2.44. The summed E-state index contributed by atoms with van der Waals surface area (Å²) < 4.78 is 0. The van der Waals surface area contributed by atoms with Gasteiger partial charge < -0.3 is 0 Å². The average molecular weight is 138 g/mol. The zero-order valence-electron chi connectivity index (χ0n) is 7.14. The van der Waals surface area contributed by atoms with Crippen LogP contribution in [0.3, 0.4) is 0 Å². The van der Waals surface area contributed by atoms with Gasteiger partial charge >= 0.3 is 0 Å². The fraction of sp³-hybridized carbons (Fsp3) is 0.800. The van der Waals surface area contributed by atoms with Crippen molar-refractivity contribution in [2.45, 2.75) is 39.5 Å². The van der Waals surface area contributed by atoms with Gasteiger partial charge in [-0.2, -0.15) is 0 Å². The topological polar surface area (TPSA) is 0 Å². The van der Waals surface area contributed by atoms with Gasteiger partial charge in [-0.1, -0.05) is 31.9 Å². The zero-order chi connectivity index (χ0) is 7.40. The van der Waals surface area contributed by atoms with Gasteiger partial charge in [-0.3, -0.25) is 0 Å². The Labute approximate surface area is 64.3 Å². The standard InChI is InChI=1S/C10H18/c1-3-5-10-7-4-6-9(2)8-10/h3,5,9-10H,4,6-8H2,1-2H3/b5-3+. The second kappa shape index (κ2) is 3.80. The van der Waals surface area contributed by atoms with E-state index < -0.39 is 0 Å². The van der Waals surface area contributed by atoms with Crippen LogP contribution in [0.2, 0.25) is 0 Å². The molecule has 0 bridgehead atoms. The molecule has 58 valence electrons. The van der Waals surface area contributed by atoms with E-state index in [1.807, 2.05) is 0 Å². The van der Waals surface area contributed by atoms with Crippen molar-refractivity contribution in [3.63, 3.8) is 0 Å². The molecular formula is C10H18. The van der Waals surface area contributed by atoms with E-state index in [0.717, 1.165) is 11.8 Å². The van der Waals surface area contributed by atoms with Crippen LogP contribution in [0.4, 0.5) is 0 Å². The van der Waals surface area contributed by atoms with Crippen molar-refractivity contribution in [1.29, 1.82) is 0 Å².